The fourth-order valence-electron chi connectivity index (χ4n) is 4.13. The number of rotatable bonds is 6. The van der Waals surface area contributed by atoms with Crippen LogP contribution in [0.4, 0.5) is 11.8 Å². The molecule has 0 radical (unpaired) electrons. The van der Waals surface area contributed by atoms with Crippen LogP contribution in [0.2, 0.25) is 0 Å². The number of aryl methyl sites for hydroxylation is 2. The lowest BCUT2D eigenvalue weighted by molar-refractivity contribution is 0.712. The molecule has 33 heavy (non-hydrogen) atoms. The zero-order valence-electron chi connectivity index (χ0n) is 18.5. The Bertz CT molecular complexity index is 1290. The first-order valence-corrected chi connectivity index (χ1v) is 10.9. The van der Waals surface area contributed by atoms with E-state index < -0.39 is 0 Å². The Balaban J connectivity index is 1.24. The van der Waals surface area contributed by atoms with Crippen molar-refractivity contribution in [3.05, 3.63) is 71.3 Å². The predicted octanol–water partition coefficient (Wildman–Crippen LogP) is 2.57. The lowest BCUT2D eigenvalue weighted by Gasteiger charge is -2.15. The molecule has 10 heteroatoms. The molecule has 4 aromatic rings. The molecule has 10 nitrogen and oxygen atoms in total. The van der Waals surface area contributed by atoms with Gasteiger partial charge in [0.1, 0.15) is 5.82 Å². The molecule has 1 fully saturated rings. The Labute approximate surface area is 190 Å². The number of nitrogens with zero attached hydrogens (tertiary/aromatic N) is 7. The van der Waals surface area contributed by atoms with E-state index in [0.717, 1.165) is 36.3 Å². The van der Waals surface area contributed by atoms with Crippen LogP contribution in [0.25, 0.3) is 16.8 Å². The highest BCUT2D eigenvalue weighted by molar-refractivity contribution is 5.61. The van der Waals surface area contributed by atoms with Gasteiger partial charge in [-0.15, -0.1) is 5.10 Å². The highest BCUT2D eigenvalue weighted by atomic mass is 16.1. The monoisotopic (exact) mass is 443 g/mol. The van der Waals surface area contributed by atoms with E-state index in [1.807, 2.05) is 44.4 Å². The van der Waals surface area contributed by atoms with Crippen LogP contribution in [0.3, 0.4) is 0 Å². The van der Waals surface area contributed by atoms with Gasteiger partial charge in [0.2, 0.25) is 5.95 Å². The molecule has 2 N–H and O–H groups in total. The van der Waals surface area contributed by atoms with Gasteiger partial charge in [-0.3, -0.25) is 14.0 Å². The second-order valence-corrected chi connectivity index (χ2v) is 8.32. The van der Waals surface area contributed by atoms with Crippen molar-refractivity contribution in [1.82, 2.24) is 34.5 Å². The second kappa shape index (κ2) is 8.81. The first-order valence-electron chi connectivity index (χ1n) is 10.9. The minimum Gasteiger partial charge on any atom is -0.367 e. The maximum absolute atomic E-state index is 13.0. The number of aromatic nitrogens is 7. The molecule has 4 aromatic heterocycles. The third kappa shape index (κ3) is 4.59. The van der Waals surface area contributed by atoms with Crippen molar-refractivity contribution in [2.45, 2.75) is 38.3 Å². The largest absolute Gasteiger partial charge is 0.367 e. The third-order valence-electron chi connectivity index (χ3n) is 5.78. The van der Waals surface area contributed by atoms with E-state index in [1.165, 1.54) is 0 Å². The summed E-state index contributed by atoms with van der Waals surface area (Å²) in [5.74, 6) is 1.35. The highest BCUT2D eigenvalue weighted by Gasteiger charge is 2.25. The van der Waals surface area contributed by atoms with Crippen molar-refractivity contribution in [3.8, 4) is 16.8 Å². The standard InChI is InChI=1S/C23H25N9O/c1-15-11-25-23(30-29-15)28-18-6-5-17(10-18)27-21-8-7-19(13-24-21)32-9-3-4-20(22(32)33)16-12-26-31(2)14-16/h3-4,7-9,11-14,17-18H,5-6,10H2,1-2H3,(H,24,27)(H,25,28,30)/t17-,18-/m0/s1. The van der Waals surface area contributed by atoms with Crippen molar-refractivity contribution in [1.29, 1.82) is 0 Å². The smallest absolute Gasteiger partial charge is 0.263 e. The Hall–Kier alpha value is -4.08. The summed E-state index contributed by atoms with van der Waals surface area (Å²) in [5.41, 5.74) is 2.80. The topological polar surface area (TPSA) is 115 Å². The fraction of sp³-hybridized carbons (Fsp3) is 0.304. The average Bonchev–Trinajstić information content (AvgIpc) is 3.45. The van der Waals surface area contributed by atoms with Crippen LogP contribution < -0.4 is 16.2 Å². The van der Waals surface area contributed by atoms with E-state index in [4.69, 9.17) is 0 Å². The lowest BCUT2D eigenvalue weighted by atomic mass is 10.1. The van der Waals surface area contributed by atoms with Crippen LogP contribution in [0.5, 0.6) is 0 Å². The van der Waals surface area contributed by atoms with Crippen molar-refractivity contribution in [3.63, 3.8) is 0 Å². The maximum atomic E-state index is 13.0. The molecule has 0 amide bonds. The lowest BCUT2D eigenvalue weighted by Crippen LogP contribution is -2.22. The van der Waals surface area contributed by atoms with Gasteiger partial charge < -0.3 is 10.6 Å². The molecule has 1 saturated carbocycles. The summed E-state index contributed by atoms with van der Waals surface area (Å²) < 4.78 is 3.28. The average molecular weight is 444 g/mol. The zero-order chi connectivity index (χ0) is 22.8. The van der Waals surface area contributed by atoms with Gasteiger partial charge >= 0.3 is 0 Å². The summed E-state index contributed by atoms with van der Waals surface area (Å²) in [5, 5.41) is 19.1. The molecule has 2 atom stereocenters. The van der Waals surface area contributed by atoms with Gasteiger partial charge in [-0.05, 0) is 50.5 Å². The van der Waals surface area contributed by atoms with E-state index in [2.05, 4.69) is 35.9 Å². The third-order valence-corrected chi connectivity index (χ3v) is 5.78. The summed E-state index contributed by atoms with van der Waals surface area (Å²) >= 11 is 0. The summed E-state index contributed by atoms with van der Waals surface area (Å²) in [7, 11) is 1.83. The zero-order valence-corrected chi connectivity index (χ0v) is 18.5. The van der Waals surface area contributed by atoms with Gasteiger partial charge in [-0.1, -0.05) is 0 Å². The van der Waals surface area contributed by atoms with Gasteiger partial charge in [-0.25, -0.2) is 9.97 Å². The van der Waals surface area contributed by atoms with E-state index in [0.29, 0.717) is 29.3 Å². The molecule has 0 unspecified atom stereocenters. The molecule has 1 aliphatic carbocycles. The highest BCUT2D eigenvalue weighted by Crippen LogP contribution is 2.24. The van der Waals surface area contributed by atoms with Crippen LogP contribution in [-0.2, 0) is 7.05 Å². The van der Waals surface area contributed by atoms with Crippen molar-refractivity contribution >= 4 is 11.8 Å². The molecule has 0 aromatic carbocycles. The summed E-state index contributed by atoms with van der Waals surface area (Å²) in [6, 6.07) is 8.07. The number of hydrogen-bond donors (Lipinski definition) is 2. The number of nitrogens with one attached hydrogen (secondary N) is 2. The fourth-order valence-corrected chi connectivity index (χ4v) is 4.13. The molecule has 4 heterocycles. The predicted molar refractivity (Wildman–Crippen MR) is 125 cm³/mol. The molecular formula is C23H25N9O. The maximum Gasteiger partial charge on any atom is 0.263 e. The van der Waals surface area contributed by atoms with Crippen molar-refractivity contribution in [2.75, 3.05) is 10.6 Å². The van der Waals surface area contributed by atoms with Crippen LogP contribution in [0.15, 0.2) is 60.0 Å². The van der Waals surface area contributed by atoms with E-state index >= 15 is 0 Å². The molecule has 0 saturated heterocycles. The summed E-state index contributed by atoms with van der Waals surface area (Å²) in [6.07, 6.45) is 11.7. The number of anilines is 2. The molecule has 5 rings (SSSR count). The molecular weight excluding hydrogens is 418 g/mol. The first-order chi connectivity index (χ1) is 16.0. The quantitative estimate of drug-likeness (QED) is 0.467. The van der Waals surface area contributed by atoms with Crippen LogP contribution in [0, 0.1) is 6.92 Å². The Morgan fingerprint density at radius 2 is 1.85 bits per heavy atom. The van der Waals surface area contributed by atoms with E-state index in [1.54, 1.807) is 34.0 Å². The second-order valence-electron chi connectivity index (χ2n) is 8.32. The van der Waals surface area contributed by atoms with Gasteiger partial charge in [0.05, 0.1) is 35.5 Å². The van der Waals surface area contributed by atoms with Crippen LogP contribution >= 0.6 is 0 Å². The van der Waals surface area contributed by atoms with Gasteiger partial charge in [-0.2, -0.15) is 10.2 Å². The van der Waals surface area contributed by atoms with Crippen LogP contribution in [0.1, 0.15) is 25.0 Å². The minimum absolute atomic E-state index is 0.106. The van der Waals surface area contributed by atoms with Gasteiger partial charge in [0, 0.05) is 37.1 Å². The van der Waals surface area contributed by atoms with Crippen molar-refractivity contribution in [2.24, 2.45) is 7.05 Å². The minimum atomic E-state index is -0.106. The Kier molecular flexibility index (Phi) is 5.55. The molecule has 1 aliphatic rings. The Morgan fingerprint density at radius 3 is 2.55 bits per heavy atom. The summed E-state index contributed by atoms with van der Waals surface area (Å²) in [6.45, 7) is 1.87. The van der Waals surface area contributed by atoms with Crippen molar-refractivity contribution < 1.29 is 0 Å². The molecule has 0 spiro atoms. The summed E-state index contributed by atoms with van der Waals surface area (Å²) in [4.78, 5) is 21.8. The first kappa shape index (κ1) is 20.8. The van der Waals surface area contributed by atoms with E-state index in [9.17, 15) is 4.79 Å². The number of hydrogen-bond acceptors (Lipinski definition) is 8. The van der Waals surface area contributed by atoms with E-state index in [-0.39, 0.29) is 5.56 Å². The Morgan fingerprint density at radius 1 is 1.00 bits per heavy atom. The molecule has 168 valence electrons. The normalized spacial score (nSPS) is 17.8. The molecule has 0 aliphatic heterocycles. The SMILES string of the molecule is Cc1cnc(N[C@H]2CC[C@H](Nc3ccc(-n4cccc(-c5cnn(C)c5)c4=O)cn3)C2)nn1. The van der Waals surface area contributed by atoms with Gasteiger partial charge in [0.15, 0.2) is 0 Å². The molecule has 0 bridgehead atoms. The van der Waals surface area contributed by atoms with Gasteiger partial charge in [0.25, 0.3) is 5.56 Å². The van der Waals surface area contributed by atoms with Crippen LogP contribution in [-0.4, -0.2) is 46.6 Å². The number of pyridine rings is 2.